The van der Waals surface area contributed by atoms with Crippen LogP contribution >= 0.6 is 22.9 Å². The molecule has 0 amide bonds. The molecule has 0 radical (unpaired) electrons. The van der Waals surface area contributed by atoms with E-state index in [0.29, 0.717) is 12.4 Å². The first-order valence-electron chi connectivity index (χ1n) is 5.94. The summed E-state index contributed by atoms with van der Waals surface area (Å²) in [6.45, 7) is 6.11. The minimum absolute atomic E-state index is 0.0266. The quantitative estimate of drug-likeness (QED) is 0.726. The number of alkyl halides is 1. The van der Waals surface area contributed by atoms with Gasteiger partial charge in [-0.1, -0.05) is 13.0 Å². The summed E-state index contributed by atoms with van der Waals surface area (Å²) in [6.07, 6.45) is 0. The van der Waals surface area contributed by atoms with Crippen molar-refractivity contribution in [3.8, 4) is 0 Å². The van der Waals surface area contributed by atoms with E-state index in [-0.39, 0.29) is 17.7 Å². The molecule has 0 aromatic carbocycles. The van der Waals surface area contributed by atoms with E-state index in [0.717, 1.165) is 4.88 Å². The lowest BCUT2D eigenvalue weighted by molar-refractivity contribution is 0.348. The normalized spacial score (nSPS) is 14.3. The molecule has 1 rings (SSSR count). The van der Waals surface area contributed by atoms with Gasteiger partial charge in [-0.3, -0.25) is 0 Å². The smallest absolute Gasteiger partial charge is 0.212 e. The molecule has 0 aliphatic heterocycles. The molecular formula is C12H20ClNO2S2. The van der Waals surface area contributed by atoms with Gasteiger partial charge in [0.05, 0.1) is 5.75 Å². The minimum atomic E-state index is -3.25. The highest BCUT2D eigenvalue weighted by atomic mass is 35.5. The van der Waals surface area contributed by atoms with E-state index in [1.165, 1.54) is 0 Å². The van der Waals surface area contributed by atoms with Crippen LogP contribution in [0.3, 0.4) is 0 Å². The van der Waals surface area contributed by atoms with Gasteiger partial charge in [-0.15, -0.1) is 22.9 Å². The first kappa shape index (κ1) is 16.0. The van der Waals surface area contributed by atoms with Gasteiger partial charge in [-0.2, -0.15) is 4.31 Å². The molecule has 0 aliphatic carbocycles. The maximum Gasteiger partial charge on any atom is 0.214 e. The van der Waals surface area contributed by atoms with E-state index >= 15 is 0 Å². The number of sulfonamides is 1. The standard InChI is InChI=1S/C12H20ClNO2S2/c1-10(2)14(8-12-5-4-6-17-12)18(15,16)9-11(3)7-13/h4-6,10-11H,7-9H2,1-3H3. The second kappa shape index (κ2) is 6.89. The Labute approximate surface area is 119 Å². The van der Waals surface area contributed by atoms with Crippen molar-refractivity contribution < 1.29 is 8.42 Å². The summed E-state index contributed by atoms with van der Waals surface area (Å²) >= 11 is 7.28. The highest BCUT2D eigenvalue weighted by Crippen LogP contribution is 2.19. The third-order valence-corrected chi connectivity index (χ3v) is 6.23. The fourth-order valence-corrected chi connectivity index (χ4v) is 4.69. The molecule has 1 aromatic rings. The first-order valence-corrected chi connectivity index (χ1v) is 8.97. The van der Waals surface area contributed by atoms with Gasteiger partial charge in [0.15, 0.2) is 0 Å². The summed E-state index contributed by atoms with van der Waals surface area (Å²) in [4.78, 5) is 1.06. The molecule has 3 nitrogen and oxygen atoms in total. The Morgan fingerprint density at radius 2 is 2.06 bits per heavy atom. The number of hydrogen-bond donors (Lipinski definition) is 0. The van der Waals surface area contributed by atoms with Crippen LogP contribution in [0.4, 0.5) is 0 Å². The summed E-state index contributed by atoms with van der Waals surface area (Å²) < 4.78 is 26.2. The average Bonchev–Trinajstić information content (AvgIpc) is 2.77. The Bertz CT molecular complexity index is 443. The molecule has 18 heavy (non-hydrogen) atoms. The molecule has 1 aromatic heterocycles. The lowest BCUT2D eigenvalue weighted by Crippen LogP contribution is -2.39. The van der Waals surface area contributed by atoms with Gasteiger partial charge in [-0.25, -0.2) is 8.42 Å². The number of nitrogens with zero attached hydrogens (tertiary/aromatic N) is 1. The zero-order valence-electron chi connectivity index (χ0n) is 11.0. The molecule has 1 unspecified atom stereocenters. The number of rotatable bonds is 7. The van der Waals surface area contributed by atoms with Crippen molar-refractivity contribution in [2.24, 2.45) is 5.92 Å². The van der Waals surface area contributed by atoms with Crippen molar-refractivity contribution >= 4 is 33.0 Å². The molecular weight excluding hydrogens is 290 g/mol. The number of thiophene rings is 1. The van der Waals surface area contributed by atoms with Gasteiger partial charge in [0.25, 0.3) is 0 Å². The average molecular weight is 310 g/mol. The lowest BCUT2D eigenvalue weighted by atomic mass is 10.3. The molecule has 0 bridgehead atoms. The summed E-state index contributed by atoms with van der Waals surface area (Å²) in [6, 6.07) is 3.85. The third-order valence-electron chi connectivity index (χ3n) is 2.58. The molecule has 1 heterocycles. The summed E-state index contributed by atoms with van der Waals surface area (Å²) in [5.41, 5.74) is 0. The van der Waals surface area contributed by atoms with Crippen molar-refractivity contribution in [2.75, 3.05) is 11.6 Å². The van der Waals surface area contributed by atoms with Crippen LogP contribution in [0.25, 0.3) is 0 Å². The second-order valence-electron chi connectivity index (χ2n) is 4.76. The van der Waals surface area contributed by atoms with E-state index in [2.05, 4.69) is 0 Å². The lowest BCUT2D eigenvalue weighted by Gasteiger charge is -2.26. The first-order chi connectivity index (χ1) is 8.36. The van der Waals surface area contributed by atoms with Gasteiger partial charge in [-0.05, 0) is 31.2 Å². The third kappa shape index (κ3) is 4.53. The summed E-state index contributed by atoms with van der Waals surface area (Å²) in [7, 11) is -3.25. The van der Waals surface area contributed by atoms with Gasteiger partial charge < -0.3 is 0 Å². The van der Waals surface area contributed by atoms with Gasteiger partial charge in [0, 0.05) is 23.3 Å². The molecule has 0 aliphatic rings. The fourth-order valence-electron chi connectivity index (χ4n) is 1.66. The van der Waals surface area contributed by atoms with Crippen LogP contribution in [0.2, 0.25) is 0 Å². The highest BCUT2D eigenvalue weighted by molar-refractivity contribution is 7.89. The van der Waals surface area contributed by atoms with Crippen molar-refractivity contribution in [1.82, 2.24) is 4.31 Å². The molecule has 6 heteroatoms. The van der Waals surface area contributed by atoms with E-state index in [1.807, 2.05) is 38.3 Å². The molecule has 0 N–H and O–H groups in total. The van der Waals surface area contributed by atoms with Crippen LogP contribution < -0.4 is 0 Å². The maximum atomic E-state index is 12.3. The monoisotopic (exact) mass is 309 g/mol. The predicted octanol–water partition coefficient (Wildman–Crippen LogP) is 3.16. The van der Waals surface area contributed by atoms with Crippen LogP contribution in [0, 0.1) is 5.92 Å². The van der Waals surface area contributed by atoms with E-state index < -0.39 is 10.0 Å². The van der Waals surface area contributed by atoms with E-state index in [1.54, 1.807) is 15.6 Å². The van der Waals surface area contributed by atoms with E-state index in [4.69, 9.17) is 11.6 Å². The van der Waals surface area contributed by atoms with Crippen LogP contribution in [-0.4, -0.2) is 30.4 Å². The van der Waals surface area contributed by atoms with Crippen molar-refractivity contribution in [3.63, 3.8) is 0 Å². The van der Waals surface area contributed by atoms with Crippen molar-refractivity contribution in [2.45, 2.75) is 33.4 Å². The Hall–Kier alpha value is -0.100. The van der Waals surface area contributed by atoms with Crippen LogP contribution in [0.15, 0.2) is 17.5 Å². The SMILES string of the molecule is CC(CCl)CS(=O)(=O)N(Cc1cccs1)C(C)C. The predicted molar refractivity (Wildman–Crippen MR) is 78.7 cm³/mol. The zero-order valence-corrected chi connectivity index (χ0v) is 13.4. The second-order valence-corrected chi connectivity index (χ2v) is 8.06. The van der Waals surface area contributed by atoms with Crippen LogP contribution in [0.1, 0.15) is 25.6 Å². The molecule has 1 atom stereocenters. The highest BCUT2D eigenvalue weighted by Gasteiger charge is 2.27. The molecule has 0 fully saturated rings. The summed E-state index contributed by atoms with van der Waals surface area (Å²) in [5.74, 6) is 0.450. The van der Waals surface area contributed by atoms with Gasteiger partial charge >= 0.3 is 0 Å². The molecule has 104 valence electrons. The number of halogens is 1. The largest absolute Gasteiger partial charge is 0.214 e. The van der Waals surface area contributed by atoms with Crippen molar-refractivity contribution in [3.05, 3.63) is 22.4 Å². The van der Waals surface area contributed by atoms with Crippen LogP contribution in [0.5, 0.6) is 0 Å². The molecule has 0 saturated heterocycles. The molecule has 0 saturated carbocycles. The van der Waals surface area contributed by atoms with Crippen molar-refractivity contribution in [1.29, 1.82) is 0 Å². The Balaban J connectivity index is 2.84. The Morgan fingerprint density at radius 3 is 2.50 bits per heavy atom. The van der Waals surface area contributed by atoms with E-state index in [9.17, 15) is 8.42 Å². The Kier molecular flexibility index (Phi) is 6.11. The fraction of sp³-hybridized carbons (Fsp3) is 0.667. The maximum absolute atomic E-state index is 12.3. The topological polar surface area (TPSA) is 37.4 Å². The zero-order chi connectivity index (χ0) is 13.8. The van der Waals surface area contributed by atoms with Gasteiger partial charge in [0.2, 0.25) is 10.0 Å². The van der Waals surface area contributed by atoms with Gasteiger partial charge in [0.1, 0.15) is 0 Å². The molecule has 0 spiro atoms. The number of hydrogen-bond acceptors (Lipinski definition) is 3. The van der Waals surface area contributed by atoms with Crippen LogP contribution in [-0.2, 0) is 16.6 Å². The Morgan fingerprint density at radius 1 is 1.39 bits per heavy atom. The summed E-state index contributed by atoms with van der Waals surface area (Å²) in [5, 5.41) is 1.96. The minimum Gasteiger partial charge on any atom is -0.212 e.